The first kappa shape index (κ1) is 61.9. The lowest BCUT2D eigenvalue weighted by Gasteiger charge is -2.16. The zero-order valence-electron chi connectivity index (χ0n) is 41.9. The van der Waals surface area contributed by atoms with Gasteiger partial charge in [0.1, 0.15) is 11.6 Å². The van der Waals surface area contributed by atoms with Crippen molar-refractivity contribution in [2.45, 2.75) is 75.6 Å². The molecule has 1 aromatic carbocycles. The van der Waals surface area contributed by atoms with Crippen molar-refractivity contribution in [1.82, 2.24) is 16.0 Å². The van der Waals surface area contributed by atoms with Crippen LogP contribution in [-0.4, -0.2) is 218 Å². The number of carbonyl (C=O) groups excluding carboxylic acids is 5. The Labute approximate surface area is 424 Å². The zero-order chi connectivity index (χ0) is 50.7. The zero-order valence-corrected chi connectivity index (χ0v) is 42.7. The van der Waals surface area contributed by atoms with Crippen LogP contribution in [0.25, 0.3) is 0 Å². The highest BCUT2D eigenvalue weighted by Crippen LogP contribution is 2.33. The van der Waals surface area contributed by atoms with E-state index in [0.717, 1.165) is 30.6 Å². The summed E-state index contributed by atoms with van der Waals surface area (Å²) in [4.78, 5) is 58.5. The van der Waals surface area contributed by atoms with Crippen LogP contribution in [0.4, 0.5) is 10.5 Å². The average molecular weight is 1030 g/mol. The highest BCUT2D eigenvalue weighted by Gasteiger charge is 2.42. The Hall–Kier alpha value is -3.36. The molecule has 3 rings (SSSR count). The van der Waals surface area contributed by atoms with Crippen LogP contribution in [0, 0.1) is 0 Å². The molecule has 0 bridgehead atoms. The van der Waals surface area contributed by atoms with Crippen LogP contribution < -0.4 is 21.3 Å². The molecule has 2 saturated heterocycles. The number of hydrogen-bond acceptors (Lipinski definition) is 18. The van der Waals surface area contributed by atoms with Gasteiger partial charge < -0.3 is 78.1 Å². The smallest absolute Gasteiger partial charge is 0.315 e. The van der Waals surface area contributed by atoms with E-state index in [1.165, 1.54) is 6.92 Å². The van der Waals surface area contributed by atoms with E-state index in [1.54, 1.807) is 12.1 Å². The molecule has 2 fully saturated rings. The first-order valence-electron chi connectivity index (χ1n) is 25.1. The number of Topliss-reactive ketones (excluding diaryl/α,β-unsaturated/α-hetero) is 2. The maximum atomic E-state index is 12.2. The van der Waals surface area contributed by atoms with E-state index in [1.807, 2.05) is 23.9 Å². The Morgan fingerprint density at radius 3 is 1.42 bits per heavy atom. The van der Waals surface area contributed by atoms with Gasteiger partial charge in [0.25, 0.3) is 0 Å². The quantitative estimate of drug-likeness (QED) is 0.0416. The molecule has 4 N–H and O–H groups in total. The lowest BCUT2D eigenvalue weighted by molar-refractivity contribution is -0.126. The summed E-state index contributed by atoms with van der Waals surface area (Å²) in [5, 5.41) is 12.1. The maximum Gasteiger partial charge on any atom is 0.315 e. The summed E-state index contributed by atoms with van der Waals surface area (Å²) < 4.78 is 66.1. The summed E-state index contributed by atoms with van der Waals surface area (Å²) in [7, 11) is 0. The number of unbranched alkanes of at least 4 members (excludes halogenated alkanes) is 1. The maximum absolute atomic E-state index is 12.2. The third-order valence-corrected chi connectivity index (χ3v) is 12.1. The van der Waals surface area contributed by atoms with Gasteiger partial charge >= 0.3 is 6.03 Å². The number of anilines is 1. The molecule has 2 aliphatic heterocycles. The topological polar surface area (TPSA) is 244 Å². The van der Waals surface area contributed by atoms with Crippen LogP contribution >= 0.6 is 11.8 Å². The van der Waals surface area contributed by atoms with Crippen molar-refractivity contribution in [2.75, 3.05) is 176 Å². The predicted molar refractivity (Wildman–Crippen MR) is 265 cm³/mol. The summed E-state index contributed by atoms with van der Waals surface area (Å²) in [6, 6.07) is 7.69. The number of hydrogen-bond donors (Lipinski definition) is 4. The second-order valence-corrected chi connectivity index (χ2v) is 17.8. The number of thioether (sulfide) groups is 1. The van der Waals surface area contributed by atoms with Gasteiger partial charge in [0.05, 0.1) is 183 Å². The number of carbonyl (C=O) groups is 5. The highest BCUT2D eigenvalue weighted by atomic mass is 32.2. The molecule has 406 valence electrons. The van der Waals surface area contributed by atoms with Gasteiger partial charge in [-0.1, -0.05) is 18.6 Å². The van der Waals surface area contributed by atoms with Gasteiger partial charge in [-0.2, -0.15) is 11.8 Å². The van der Waals surface area contributed by atoms with E-state index in [9.17, 15) is 24.0 Å². The number of nitrogens with one attached hydrogen (secondary N) is 4. The second-order valence-electron chi connectivity index (χ2n) is 16.5. The van der Waals surface area contributed by atoms with Crippen molar-refractivity contribution in [1.29, 1.82) is 0 Å². The van der Waals surface area contributed by atoms with Crippen LogP contribution in [0.2, 0.25) is 0 Å². The summed E-state index contributed by atoms with van der Waals surface area (Å²) in [5.41, 5.74) is 1.64. The molecule has 0 aromatic heterocycles. The fraction of sp³-hybridized carbons (Fsp3) is 0.776. The van der Waals surface area contributed by atoms with Crippen LogP contribution in [0.15, 0.2) is 24.3 Å². The normalized spacial score (nSPS) is 16.2. The Kier molecular flexibility index (Phi) is 37.6. The molecule has 2 heterocycles. The molecule has 0 saturated carbocycles. The SMILES string of the molecule is CC(=O)CC(=O)CCc1ccc(NC(=O)CCOCCOCCOCCOCCOCCOCCOCCOCCOCCOCCOCCOCCNC(=O)CCCC[C@@H]2SC[C@@H]3NC(=O)N[C@@H]32)cc1. The molecule has 0 radical (unpaired) electrons. The number of rotatable bonds is 50. The van der Waals surface area contributed by atoms with Crippen LogP contribution in [0.1, 0.15) is 57.4 Å². The van der Waals surface area contributed by atoms with Crippen molar-refractivity contribution in [3.63, 3.8) is 0 Å². The molecule has 71 heavy (non-hydrogen) atoms. The lowest BCUT2D eigenvalue weighted by Crippen LogP contribution is -2.36. The third kappa shape index (κ3) is 34.7. The number of ether oxygens (including phenoxy) is 12. The molecule has 0 aliphatic carbocycles. The van der Waals surface area contributed by atoms with Gasteiger partial charge in [-0.25, -0.2) is 4.79 Å². The monoisotopic (exact) mass is 1030 g/mol. The largest absolute Gasteiger partial charge is 0.379 e. The van der Waals surface area contributed by atoms with Gasteiger partial charge in [0, 0.05) is 36.1 Å². The number of benzene rings is 1. The molecule has 2 aliphatic rings. The average Bonchev–Trinajstić information content (AvgIpc) is 3.91. The van der Waals surface area contributed by atoms with Gasteiger partial charge in [0.2, 0.25) is 11.8 Å². The Bertz CT molecular complexity index is 1550. The Morgan fingerprint density at radius 1 is 0.535 bits per heavy atom. The molecule has 4 amide bonds. The van der Waals surface area contributed by atoms with Crippen molar-refractivity contribution in [2.24, 2.45) is 0 Å². The Balaban J connectivity index is 0.896. The van der Waals surface area contributed by atoms with Crippen molar-refractivity contribution in [3.8, 4) is 0 Å². The molecule has 0 spiro atoms. The van der Waals surface area contributed by atoms with E-state index < -0.39 is 0 Å². The van der Waals surface area contributed by atoms with Crippen LogP contribution in [-0.2, 0) is 82.4 Å². The summed E-state index contributed by atoms with van der Waals surface area (Å²) in [6.07, 6.45) is 4.37. The summed E-state index contributed by atoms with van der Waals surface area (Å²) in [5.74, 6) is 0.636. The molecular weight excluding hydrogens is 949 g/mol. The molecule has 21 nitrogen and oxygen atoms in total. The van der Waals surface area contributed by atoms with E-state index >= 15 is 0 Å². The van der Waals surface area contributed by atoms with Gasteiger partial charge in [-0.3, -0.25) is 19.2 Å². The first-order chi connectivity index (χ1) is 34.8. The fourth-order valence-electron chi connectivity index (χ4n) is 6.94. The van der Waals surface area contributed by atoms with Crippen LogP contribution in [0.3, 0.4) is 0 Å². The van der Waals surface area contributed by atoms with Gasteiger partial charge in [-0.05, 0) is 43.9 Å². The minimum atomic E-state index is -0.157. The predicted octanol–water partition coefficient (Wildman–Crippen LogP) is 2.54. The first-order valence-corrected chi connectivity index (χ1v) is 26.1. The van der Waals surface area contributed by atoms with Crippen LogP contribution in [0.5, 0.6) is 0 Å². The minimum absolute atomic E-state index is 0.0264. The standard InChI is InChI=1S/C49H82N4O17S/c1-40(54)38-43(55)11-8-41-6-9-42(10-7-41)51-47(57)12-14-59-16-18-61-20-22-63-24-26-65-28-30-67-32-34-69-36-37-70-35-33-68-31-29-66-27-25-64-23-21-62-19-17-60-15-13-50-46(56)5-3-2-4-45-48-44(39-71-45)52-49(58)53-48/h6-7,9-10,44-45,48H,2-5,8,11-39H2,1H3,(H,50,56)(H,51,57)(H2,52,53,58)/t44-,45-,48-/m0/s1. The van der Waals surface area contributed by atoms with Crippen molar-refractivity contribution < 1.29 is 80.8 Å². The van der Waals surface area contributed by atoms with Crippen molar-refractivity contribution >= 4 is 46.9 Å². The van der Waals surface area contributed by atoms with E-state index in [-0.39, 0.29) is 60.9 Å². The van der Waals surface area contributed by atoms with E-state index in [0.29, 0.717) is 189 Å². The number of amides is 4. The molecule has 1 aromatic rings. The lowest BCUT2D eigenvalue weighted by atomic mass is 10.0. The fourth-order valence-corrected chi connectivity index (χ4v) is 8.48. The minimum Gasteiger partial charge on any atom is -0.379 e. The highest BCUT2D eigenvalue weighted by molar-refractivity contribution is 8.00. The third-order valence-electron chi connectivity index (χ3n) is 10.6. The number of urea groups is 1. The van der Waals surface area contributed by atoms with E-state index in [4.69, 9.17) is 56.8 Å². The molecular formula is C49H82N4O17S. The van der Waals surface area contributed by atoms with E-state index in [2.05, 4.69) is 21.3 Å². The summed E-state index contributed by atoms with van der Waals surface area (Å²) in [6.45, 7) is 12.6. The molecule has 22 heteroatoms. The Morgan fingerprint density at radius 2 is 0.972 bits per heavy atom. The molecule has 0 unspecified atom stereocenters. The van der Waals surface area contributed by atoms with Gasteiger partial charge in [-0.15, -0.1) is 0 Å². The molecule has 3 atom stereocenters. The summed E-state index contributed by atoms with van der Waals surface area (Å²) >= 11 is 1.90. The second kappa shape index (κ2) is 43.1. The van der Waals surface area contributed by atoms with Gasteiger partial charge in [0.15, 0.2) is 0 Å². The van der Waals surface area contributed by atoms with Crippen molar-refractivity contribution in [3.05, 3.63) is 29.8 Å². The number of aryl methyl sites for hydroxylation is 1. The number of ketones is 2. The number of fused-ring (bicyclic) bond motifs is 1.